The molecule has 0 aromatic carbocycles. The average molecular weight is 181 g/mol. The van der Waals surface area contributed by atoms with Gasteiger partial charge in [-0.05, 0) is 12.6 Å². The van der Waals surface area contributed by atoms with Gasteiger partial charge < -0.3 is 9.64 Å². The minimum absolute atomic E-state index is 0.461. The molecule has 0 radical (unpaired) electrons. The number of hydrogen-bond donors (Lipinski definition) is 0. The Morgan fingerprint density at radius 2 is 2.54 bits per heavy atom. The summed E-state index contributed by atoms with van der Waals surface area (Å²) in [7, 11) is 0. The zero-order valence-corrected chi connectivity index (χ0v) is 8.46. The van der Waals surface area contributed by atoms with Gasteiger partial charge in [-0.3, -0.25) is 0 Å². The molecule has 2 nitrogen and oxygen atoms in total. The summed E-state index contributed by atoms with van der Waals surface area (Å²) in [4.78, 5) is 2.35. The molecule has 0 spiro atoms. The number of rotatable bonds is 3. The van der Waals surface area contributed by atoms with Gasteiger partial charge in [0.1, 0.15) is 0 Å². The molecule has 0 N–H and O–H groups in total. The lowest BCUT2D eigenvalue weighted by Gasteiger charge is -2.25. The molecule has 2 heterocycles. The van der Waals surface area contributed by atoms with Crippen LogP contribution in [0.25, 0.3) is 0 Å². The molecule has 0 saturated carbocycles. The molecule has 0 bridgehead atoms. The minimum Gasteiger partial charge on any atom is -0.380 e. The third-order valence-electron chi connectivity index (χ3n) is 3.55. The van der Waals surface area contributed by atoms with E-state index in [0.717, 1.165) is 32.2 Å². The zero-order valence-electron chi connectivity index (χ0n) is 8.46. The highest BCUT2D eigenvalue weighted by Crippen LogP contribution is 2.44. The van der Waals surface area contributed by atoms with Crippen LogP contribution < -0.4 is 0 Å². The summed E-state index contributed by atoms with van der Waals surface area (Å²) < 4.78 is 5.60. The summed E-state index contributed by atoms with van der Waals surface area (Å²) in [5.74, 6) is 0.755. The first-order valence-electron chi connectivity index (χ1n) is 5.25. The molecule has 2 fully saturated rings. The molecule has 0 aromatic rings. The largest absolute Gasteiger partial charge is 0.380 e. The van der Waals surface area contributed by atoms with Crippen molar-refractivity contribution in [1.82, 2.24) is 4.90 Å². The van der Waals surface area contributed by atoms with Crippen molar-refractivity contribution in [3.8, 4) is 0 Å². The van der Waals surface area contributed by atoms with Crippen LogP contribution in [0.3, 0.4) is 0 Å². The van der Waals surface area contributed by atoms with Crippen LogP contribution in [0.5, 0.6) is 0 Å². The Morgan fingerprint density at radius 3 is 3.23 bits per heavy atom. The van der Waals surface area contributed by atoms with Gasteiger partial charge in [0.05, 0.1) is 13.2 Å². The second-order valence-corrected chi connectivity index (χ2v) is 4.44. The molecule has 2 unspecified atom stereocenters. The molecule has 2 rings (SSSR count). The first kappa shape index (κ1) is 9.07. The molecular weight excluding hydrogens is 162 g/mol. The van der Waals surface area contributed by atoms with Gasteiger partial charge in [0.2, 0.25) is 0 Å². The van der Waals surface area contributed by atoms with Crippen LogP contribution in [0.1, 0.15) is 19.8 Å². The standard InChI is InChI=1S/C11H19NO/c1-3-5-11-8-12(4-2)6-10(11)7-13-9-11/h4,10H,2-3,5-9H2,1H3. The van der Waals surface area contributed by atoms with Crippen molar-refractivity contribution in [2.24, 2.45) is 11.3 Å². The number of hydrogen-bond acceptors (Lipinski definition) is 2. The maximum Gasteiger partial charge on any atom is 0.0543 e. The molecule has 0 amide bonds. The zero-order chi connectivity index (χ0) is 9.31. The van der Waals surface area contributed by atoms with Crippen molar-refractivity contribution in [1.29, 1.82) is 0 Å². The summed E-state index contributed by atoms with van der Waals surface area (Å²) in [5.41, 5.74) is 0.461. The highest BCUT2D eigenvalue weighted by atomic mass is 16.5. The molecule has 13 heavy (non-hydrogen) atoms. The van der Waals surface area contributed by atoms with E-state index in [1.165, 1.54) is 12.8 Å². The summed E-state index contributed by atoms with van der Waals surface area (Å²) in [6.45, 7) is 10.4. The number of fused-ring (bicyclic) bond motifs is 1. The van der Waals surface area contributed by atoms with E-state index in [0.29, 0.717) is 5.41 Å². The fourth-order valence-electron chi connectivity index (χ4n) is 2.86. The van der Waals surface area contributed by atoms with Gasteiger partial charge in [0, 0.05) is 24.4 Å². The van der Waals surface area contributed by atoms with Crippen LogP contribution in [-0.2, 0) is 4.74 Å². The number of ether oxygens (including phenoxy) is 1. The van der Waals surface area contributed by atoms with Gasteiger partial charge in [-0.1, -0.05) is 19.9 Å². The third kappa shape index (κ3) is 1.37. The van der Waals surface area contributed by atoms with Crippen molar-refractivity contribution in [3.63, 3.8) is 0 Å². The quantitative estimate of drug-likeness (QED) is 0.659. The predicted molar refractivity (Wildman–Crippen MR) is 53.4 cm³/mol. The van der Waals surface area contributed by atoms with Crippen molar-refractivity contribution < 1.29 is 4.74 Å². The Morgan fingerprint density at radius 1 is 1.69 bits per heavy atom. The molecule has 74 valence electrons. The number of likely N-dealkylation sites (tertiary alicyclic amines) is 1. The Bertz CT molecular complexity index is 204. The summed E-state index contributed by atoms with van der Waals surface area (Å²) >= 11 is 0. The first-order valence-corrected chi connectivity index (χ1v) is 5.25. The maximum atomic E-state index is 5.60. The topological polar surface area (TPSA) is 12.5 Å². The molecule has 2 atom stereocenters. The number of nitrogens with zero attached hydrogens (tertiary/aromatic N) is 1. The molecule has 2 aliphatic heterocycles. The summed E-state index contributed by atoms with van der Waals surface area (Å²) in [6, 6.07) is 0. The molecule has 2 heteroatoms. The van der Waals surface area contributed by atoms with E-state index in [-0.39, 0.29) is 0 Å². The van der Waals surface area contributed by atoms with Crippen LogP contribution in [-0.4, -0.2) is 31.2 Å². The lowest BCUT2D eigenvalue weighted by Crippen LogP contribution is -2.29. The molecular formula is C11H19NO. The minimum atomic E-state index is 0.461. The second kappa shape index (κ2) is 3.33. The normalized spacial score (nSPS) is 37.9. The van der Waals surface area contributed by atoms with Crippen molar-refractivity contribution in [2.45, 2.75) is 19.8 Å². The van der Waals surface area contributed by atoms with Crippen LogP contribution in [0.15, 0.2) is 12.8 Å². The maximum absolute atomic E-state index is 5.60. The smallest absolute Gasteiger partial charge is 0.0543 e. The summed E-state index contributed by atoms with van der Waals surface area (Å²) in [6.07, 6.45) is 4.56. The monoisotopic (exact) mass is 181 g/mol. The Balaban J connectivity index is 2.10. The van der Waals surface area contributed by atoms with E-state index < -0.39 is 0 Å². The first-order chi connectivity index (χ1) is 6.30. The van der Waals surface area contributed by atoms with Gasteiger partial charge in [0.25, 0.3) is 0 Å². The van der Waals surface area contributed by atoms with E-state index in [2.05, 4.69) is 18.4 Å². The van der Waals surface area contributed by atoms with E-state index >= 15 is 0 Å². The Labute approximate surface area is 80.6 Å². The Kier molecular flexibility index (Phi) is 2.33. The highest BCUT2D eigenvalue weighted by Gasteiger charge is 2.48. The average Bonchev–Trinajstić information content (AvgIpc) is 2.60. The molecule has 2 saturated heterocycles. The van der Waals surface area contributed by atoms with E-state index in [4.69, 9.17) is 4.74 Å². The van der Waals surface area contributed by atoms with E-state index in [9.17, 15) is 0 Å². The second-order valence-electron chi connectivity index (χ2n) is 4.44. The predicted octanol–water partition coefficient (Wildman–Crippen LogP) is 1.88. The SMILES string of the molecule is C=CN1CC2COCC2(CCC)C1. The van der Waals surface area contributed by atoms with Gasteiger partial charge in [0.15, 0.2) is 0 Å². The lowest BCUT2D eigenvalue weighted by molar-refractivity contribution is 0.133. The van der Waals surface area contributed by atoms with Crippen LogP contribution >= 0.6 is 0 Å². The van der Waals surface area contributed by atoms with E-state index in [1.807, 2.05) is 6.20 Å². The van der Waals surface area contributed by atoms with Crippen molar-refractivity contribution in [2.75, 3.05) is 26.3 Å². The van der Waals surface area contributed by atoms with Crippen molar-refractivity contribution in [3.05, 3.63) is 12.8 Å². The molecule has 0 aliphatic carbocycles. The lowest BCUT2D eigenvalue weighted by atomic mass is 9.77. The van der Waals surface area contributed by atoms with Gasteiger partial charge in [-0.15, -0.1) is 0 Å². The van der Waals surface area contributed by atoms with Crippen molar-refractivity contribution >= 4 is 0 Å². The van der Waals surface area contributed by atoms with Gasteiger partial charge in [-0.2, -0.15) is 0 Å². The van der Waals surface area contributed by atoms with Gasteiger partial charge >= 0.3 is 0 Å². The van der Waals surface area contributed by atoms with E-state index in [1.54, 1.807) is 0 Å². The van der Waals surface area contributed by atoms with Crippen LogP contribution in [0, 0.1) is 11.3 Å². The highest BCUT2D eigenvalue weighted by molar-refractivity contribution is 5.01. The molecule has 0 aromatic heterocycles. The Hall–Kier alpha value is -0.500. The fraction of sp³-hybridized carbons (Fsp3) is 0.818. The van der Waals surface area contributed by atoms with Crippen LogP contribution in [0.2, 0.25) is 0 Å². The summed E-state index contributed by atoms with van der Waals surface area (Å²) in [5, 5.41) is 0. The van der Waals surface area contributed by atoms with Crippen LogP contribution in [0.4, 0.5) is 0 Å². The fourth-order valence-corrected chi connectivity index (χ4v) is 2.86. The van der Waals surface area contributed by atoms with Gasteiger partial charge in [-0.25, -0.2) is 0 Å². The molecule has 2 aliphatic rings. The third-order valence-corrected chi connectivity index (χ3v) is 3.55.